The van der Waals surface area contributed by atoms with Gasteiger partial charge in [0.05, 0.1) is 24.9 Å². The minimum Gasteiger partial charge on any atom is -0.481 e. The Morgan fingerprint density at radius 2 is 1.46 bits per heavy atom. The number of carbonyl (C=O) groups excluding carboxylic acids is 1. The summed E-state index contributed by atoms with van der Waals surface area (Å²) in [4.78, 5) is 21.9. The maximum Gasteiger partial charge on any atom is 0.330 e. The van der Waals surface area contributed by atoms with E-state index in [2.05, 4.69) is 0 Å². The van der Waals surface area contributed by atoms with Crippen molar-refractivity contribution in [2.45, 2.75) is 71.4 Å². The lowest BCUT2D eigenvalue weighted by Gasteiger charge is -2.27. The molecule has 0 aromatic rings. The number of aliphatic hydroxyl groups excluding tert-OH is 4. The van der Waals surface area contributed by atoms with Crippen LogP contribution >= 0.6 is 11.6 Å². The highest BCUT2D eigenvalue weighted by Crippen LogP contribution is 2.23. The molecule has 0 bridgehead atoms. The number of hydrogen-bond donors (Lipinski definition) is 5. The van der Waals surface area contributed by atoms with Gasteiger partial charge < -0.3 is 30.3 Å². The van der Waals surface area contributed by atoms with E-state index in [4.69, 9.17) is 21.4 Å². The molecule has 8 nitrogen and oxygen atoms in total. The number of carbonyl (C=O) groups is 2. The molecule has 0 spiro atoms. The Morgan fingerprint density at radius 3 is 2.10 bits per heavy atom. The van der Waals surface area contributed by atoms with Crippen molar-refractivity contribution in [1.82, 2.24) is 0 Å². The van der Waals surface area contributed by atoms with Crippen molar-refractivity contribution in [3.63, 3.8) is 0 Å². The Labute approximate surface area is 236 Å². The zero-order valence-corrected chi connectivity index (χ0v) is 23.8. The first-order valence-electron chi connectivity index (χ1n) is 12.9. The molecule has 0 aromatic heterocycles. The molecular formula is C30H43ClO8. The third kappa shape index (κ3) is 19.0. The largest absolute Gasteiger partial charge is 0.481 e. The Balaban J connectivity index is 4.71. The zero-order chi connectivity index (χ0) is 29.8. The van der Waals surface area contributed by atoms with Crippen LogP contribution in [0.3, 0.4) is 0 Å². The van der Waals surface area contributed by atoms with Crippen LogP contribution in [-0.2, 0) is 14.3 Å². The summed E-state index contributed by atoms with van der Waals surface area (Å²) in [5, 5.41) is 49.8. The van der Waals surface area contributed by atoms with Gasteiger partial charge >= 0.3 is 11.9 Å². The van der Waals surface area contributed by atoms with E-state index in [0.29, 0.717) is 5.92 Å². The van der Waals surface area contributed by atoms with E-state index in [1.807, 2.05) is 26.8 Å². The second kappa shape index (κ2) is 21.1. The summed E-state index contributed by atoms with van der Waals surface area (Å²) in [7, 11) is 0. The summed E-state index contributed by atoms with van der Waals surface area (Å²) in [6, 6.07) is 0. The number of rotatable bonds is 18. The van der Waals surface area contributed by atoms with Crippen LogP contribution in [0.1, 0.15) is 47.0 Å². The van der Waals surface area contributed by atoms with Crippen molar-refractivity contribution in [3.05, 3.63) is 83.5 Å². The lowest BCUT2D eigenvalue weighted by Crippen LogP contribution is -2.42. The second-order valence-corrected chi connectivity index (χ2v) is 9.82. The fourth-order valence-electron chi connectivity index (χ4n) is 2.98. The number of aliphatic carboxylic acids is 1. The van der Waals surface area contributed by atoms with Gasteiger partial charge in [-0.25, -0.2) is 4.79 Å². The fourth-order valence-corrected chi connectivity index (χ4v) is 3.18. The third-order valence-corrected chi connectivity index (χ3v) is 5.79. The third-order valence-electron chi connectivity index (χ3n) is 5.32. The molecule has 0 fully saturated rings. The van der Waals surface area contributed by atoms with Crippen LogP contribution in [0.25, 0.3) is 0 Å². The monoisotopic (exact) mass is 566 g/mol. The number of ether oxygens (including phenoxy) is 1. The summed E-state index contributed by atoms with van der Waals surface area (Å²) in [6.45, 7) is 7.56. The molecule has 0 rings (SSSR count). The highest BCUT2D eigenvalue weighted by Gasteiger charge is 2.31. The van der Waals surface area contributed by atoms with Crippen LogP contribution in [0.5, 0.6) is 0 Å². The van der Waals surface area contributed by atoms with Crippen LogP contribution in [0, 0.1) is 11.8 Å². The van der Waals surface area contributed by atoms with E-state index < -0.39 is 42.3 Å². The van der Waals surface area contributed by atoms with Gasteiger partial charge in [-0.2, -0.15) is 0 Å². The number of esters is 1. The SMILES string of the molecule is CC(/C=C/C=C/C(=O)OCCCC(=O)O)=C\C=C\C=C(/Cl)[C@@H](C)[C@@H](O)[C@H](O)[C@H](O)C[C@@H](O)/C=C/C=C/C(C)C. The standard InChI is InChI=1S/C30H43ClO8/c1-21(2)12-5-8-15-24(32)20-26(33)30(38)29(37)23(4)25(31)16-9-6-13-22(3)14-7-10-18-28(36)39-19-11-17-27(34)35/h5-10,12-16,18,21,23-24,26,29-30,32-33,37-38H,11,17,19-20H2,1-4H3,(H,34,35)/b9-6+,12-5+,14-7+,15-8+,18-10+,22-13+,25-16-/t23-,24+,26-,29-,30-/m1/s1. The molecule has 0 radical (unpaired) electrons. The number of hydrogen-bond acceptors (Lipinski definition) is 7. The number of allylic oxidation sites excluding steroid dienone is 11. The Morgan fingerprint density at radius 1 is 0.846 bits per heavy atom. The van der Waals surface area contributed by atoms with Crippen LogP contribution in [-0.4, -0.2) is 68.5 Å². The van der Waals surface area contributed by atoms with E-state index in [9.17, 15) is 30.0 Å². The lowest BCUT2D eigenvalue weighted by molar-refractivity contribution is -0.141. The summed E-state index contributed by atoms with van der Waals surface area (Å²) in [6.07, 6.45) is 14.7. The smallest absolute Gasteiger partial charge is 0.330 e. The van der Waals surface area contributed by atoms with Crippen molar-refractivity contribution < 1.29 is 39.9 Å². The van der Waals surface area contributed by atoms with Crippen LogP contribution in [0.2, 0.25) is 0 Å². The molecule has 39 heavy (non-hydrogen) atoms. The first-order valence-corrected chi connectivity index (χ1v) is 13.2. The van der Waals surface area contributed by atoms with Gasteiger partial charge in [0.25, 0.3) is 0 Å². The highest BCUT2D eigenvalue weighted by atomic mass is 35.5. The summed E-state index contributed by atoms with van der Waals surface area (Å²) < 4.78 is 4.88. The van der Waals surface area contributed by atoms with E-state index >= 15 is 0 Å². The predicted octanol–water partition coefficient (Wildman–Crippen LogP) is 4.37. The second-order valence-electron chi connectivity index (χ2n) is 9.38. The molecular weight excluding hydrogens is 524 g/mol. The molecule has 0 heterocycles. The van der Waals surface area contributed by atoms with Crippen molar-refractivity contribution in [2.24, 2.45) is 11.8 Å². The van der Waals surface area contributed by atoms with Crippen LogP contribution < -0.4 is 0 Å². The highest BCUT2D eigenvalue weighted by molar-refractivity contribution is 6.30. The lowest BCUT2D eigenvalue weighted by atomic mass is 9.93. The first-order chi connectivity index (χ1) is 18.3. The molecule has 0 aliphatic carbocycles. The van der Waals surface area contributed by atoms with E-state index in [-0.39, 0.29) is 30.9 Å². The predicted molar refractivity (Wildman–Crippen MR) is 154 cm³/mol. The number of carboxylic acid groups (broad SMARTS) is 1. The quantitative estimate of drug-likeness (QED) is 0.0712. The Hall–Kier alpha value is -2.75. The molecule has 218 valence electrons. The number of carboxylic acids is 1. The maximum absolute atomic E-state index is 11.5. The molecule has 0 saturated carbocycles. The minimum atomic E-state index is -1.50. The topological polar surface area (TPSA) is 145 Å². The van der Waals surface area contributed by atoms with Crippen LogP contribution in [0.15, 0.2) is 83.5 Å². The van der Waals surface area contributed by atoms with E-state index in [1.165, 1.54) is 18.2 Å². The van der Waals surface area contributed by atoms with Crippen LogP contribution in [0.4, 0.5) is 0 Å². The van der Waals surface area contributed by atoms with E-state index in [1.54, 1.807) is 55.5 Å². The summed E-state index contributed by atoms with van der Waals surface area (Å²) in [5.41, 5.74) is 0.870. The van der Waals surface area contributed by atoms with Gasteiger partial charge in [0.2, 0.25) is 0 Å². The molecule has 0 saturated heterocycles. The molecule has 5 atom stereocenters. The zero-order valence-electron chi connectivity index (χ0n) is 23.1. The molecule has 0 aliphatic rings. The van der Waals surface area contributed by atoms with Crippen molar-refractivity contribution in [3.8, 4) is 0 Å². The molecule has 9 heteroatoms. The fraction of sp³-hybridized carbons (Fsp3) is 0.467. The van der Waals surface area contributed by atoms with Gasteiger partial charge in [-0.15, -0.1) is 0 Å². The molecule has 0 amide bonds. The number of halogens is 1. The molecule has 0 unspecified atom stereocenters. The molecule has 0 aromatic carbocycles. The van der Waals surface area contributed by atoms with Gasteiger partial charge in [0.15, 0.2) is 0 Å². The Bertz CT molecular complexity index is 943. The Kier molecular flexibility index (Phi) is 19.6. The molecule has 5 N–H and O–H groups in total. The van der Waals surface area contributed by atoms with Gasteiger partial charge in [-0.05, 0) is 25.3 Å². The van der Waals surface area contributed by atoms with Gasteiger partial charge in [0.1, 0.15) is 6.10 Å². The number of aliphatic hydroxyl groups is 4. The maximum atomic E-state index is 11.5. The normalized spacial score (nSPS) is 17.6. The first kappa shape index (κ1) is 36.2. The molecule has 0 aliphatic heterocycles. The minimum absolute atomic E-state index is 0.0472. The van der Waals surface area contributed by atoms with Gasteiger partial charge in [-0.1, -0.05) is 98.7 Å². The average molecular weight is 567 g/mol. The van der Waals surface area contributed by atoms with Gasteiger partial charge in [-0.3, -0.25) is 4.79 Å². The van der Waals surface area contributed by atoms with Crippen molar-refractivity contribution in [1.29, 1.82) is 0 Å². The summed E-state index contributed by atoms with van der Waals surface area (Å²) in [5.74, 6) is -1.78. The van der Waals surface area contributed by atoms with Crippen molar-refractivity contribution >= 4 is 23.5 Å². The average Bonchev–Trinajstić information content (AvgIpc) is 2.87. The van der Waals surface area contributed by atoms with Gasteiger partial charge in [0, 0.05) is 29.9 Å². The van der Waals surface area contributed by atoms with E-state index in [0.717, 1.165) is 5.57 Å². The summed E-state index contributed by atoms with van der Waals surface area (Å²) >= 11 is 6.27. The van der Waals surface area contributed by atoms with Crippen molar-refractivity contribution in [2.75, 3.05) is 6.61 Å².